The standard InChI is InChI=1S/C22H27FN5O9P/c1-4-35-38(32,33)36-13-34-21(30)27(14(2)29)10-17-11-28(22(31)37-17)16-5-6-20(18(23)7-16)26-9-15-8-25(3)24-19(15)12-26/h5-8,17H,4,9-13H2,1-3H3,(H,32,33)/t17-/m0/s1. The fraction of sp³-hybridized carbons (Fsp3) is 0.455. The maximum absolute atomic E-state index is 15.0. The molecule has 2 aliphatic rings. The molecule has 0 radical (unpaired) electrons. The van der Waals surface area contributed by atoms with E-state index < -0.39 is 44.6 Å². The van der Waals surface area contributed by atoms with Crippen LogP contribution in [0.3, 0.4) is 0 Å². The molecule has 0 saturated carbocycles. The lowest BCUT2D eigenvalue weighted by molar-refractivity contribution is -0.128. The molecule has 16 heteroatoms. The van der Waals surface area contributed by atoms with Crippen LogP contribution in [0.15, 0.2) is 24.4 Å². The van der Waals surface area contributed by atoms with Crippen LogP contribution in [0.25, 0.3) is 0 Å². The highest BCUT2D eigenvalue weighted by Gasteiger charge is 2.37. The minimum absolute atomic E-state index is 0.0684. The van der Waals surface area contributed by atoms with Gasteiger partial charge in [-0.25, -0.2) is 28.0 Å². The van der Waals surface area contributed by atoms with Crippen molar-refractivity contribution in [1.29, 1.82) is 0 Å². The number of hydrogen-bond donors (Lipinski definition) is 1. The van der Waals surface area contributed by atoms with Gasteiger partial charge in [0.2, 0.25) is 12.7 Å². The third kappa shape index (κ3) is 6.13. The van der Waals surface area contributed by atoms with Gasteiger partial charge in [0.25, 0.3) is 0 Å². The number of anilines is 2. The van der Waals surface area contributed by atoms with E-state index in [4.69, 9.17) is 9.47 Å². The first kappa shape index (κ1) is 27.5. The van der Waals surface area contributed by atoms with Gasteiger partial charge in [-0.05, 0) is 25.1 Å². The van der Waals surface area contributed by atoms with E-state index >= 15 is 4.39 Å². The largest absolute Gasteiger partial charge is 0.475 e. The van der Waals surface area contributed by atoms with Gasteiger partial charge in [-0.15, -0.1) is 0 Å². The Morgan fingerprint density at radius 1 is 1.32 bits per heavy atom. The van der Waals surface area contributed by atoms with Gasteiger partial charge in [-0.2, -0.15) is 5.10 Å². The fourth-order valence-electron chi connectivity index (χ4n) is 4.17. The van der Waals surface area contributed by atoms with Crippen LogP contribution in [-0.4, -0.2) is 70.3 Å². The number of rotatable bonds is 9. The van der Waals surface area contributed by atoms with E-state index in [-0.39, 0.29) is 25.4 Å². The molecule has 0 aliphatic carbocycles. The number of carbonyl (C=O) groups excluding carboxylic acids is 3. The number of carbonyl (C=O) groups is 3. The van der Waals surface area contributed by atoms with Crippen LogP contribution in [0.2, 0.25) is 0 Å². The summed E-state index contributed by atoms with van der Waals surface area (Å²) in [7, 11) is -2.58. The Morgan fingerprint density at radius 2 is 2.08 bits per heavy atom. The summed E-state index contributed by atoms with van der Waals surface area (Å²) in [6, 6.07) is 4.37. The number of halogens is 1. The normalized spacial score (nSPS) is 18.2. The molecule has 1 saturated heterocycles. The van der Waals surface area contributed by atoms with Crippen LogP contribution in [0.4, 0.5) is 25.4 Å². The number of amides is 3. The van der Waals surface area contributed by atoms with Crippen molar-refractivity contribution >= 4 is 37.3 Å². The third-order valence-electron chi connectivity index (χ3n) is 5.83. The lowest BCUT2D eigenvalue weighted by Gasteiger charge is -2.22. The van der Waals surface area contributed by atoms with E-state index in [1.807, 2.05) is 18.1 Å². The summed E-state index contributed by atoms with van der Waals surface area (Å²) >= 11 is 0. The molecule has 0 spiro atoms. The second-order valence-corrected chi connectivity index (χ2v) is 10.0. The van der Waals surface area contributed by atoms with Crippen LogP contribution in [-0.2, 0) is 48.0 Å². The smallest absolute Gasteiger partial charge is 0.442 e. The van der Waals surface area contributed by atoms with Gasteiger partial charge in [-0.1, -0.05) is 0 Å². The van der Waals surface area contributed by atoms with Crippen LogP contribution < -0.4 is 9.80 Å². The first-order chi connectivity index (χ1) is 18.0. The molecule has 1 aromatic heterocycles. The molecule has 1 aromatic carbocycles. The van der Waals surface area contributed by atoms with Crippen LogP contribution in [0.5, 0.6) is 0 Å². The van der Waals surface area contributed by atoms with Gasteiger partial charge in [0, 0.05) is 32.3 Å². The highest BCUT2D eigenvalue weighted by molar-refractivity contribution is 7.47. The van der Waals surface area contributed by atoms with Crippen LogP contribution >= 0.6 is 7.82 Å². The second-order valence-electron chi connectivity index (χ2n) is 8.56. The predicted molar refractivity (Wildman–Crippen MR) is 128 cm³/mol. The van der Waals surface area contributed by atoms with Crippen LogP contribution in [0, 0.1) is 5.82 Å². The van der Waals surface area contributed by atoms with Crippen molar-refractivity contribution < 1.29 is 46.8 Å². The number of cyclic esters (lactones) is 1. The molecule has 2 atom stereocenters. The second kappa shape index (κ2) is 11.1. The molecule has 206 valence electrons. The van der Waals surface area contributed by atoms with E-state index in [0.29, 0.717) is 23.7 Å². The van der Waals surface area contributed by atoms with Gasteiger partial charge in [0.05, 0.1) is 43.3 Å². The number of hydrogen-bond acceptors (Lipinski definition) is 10. The maximum Gasteiger partial charge on any atom is 0.475 e. The first-order valence-corrected chi connectivity index (χ1v) is 13.1. The van der Waals surface area contributed by atoms with E-state index in [1.165, 1.54) is 17.9 Å². The number of aromatic nitrogens is 2. The lowest BCUT2D eigenvalue weighted by Crippen LogP contribution is -2.42. The molecular weight excluding hydrogens is 528 g/mol. The number of benzene rings is 1. The van der Waals surface area contributed by atoms with Crippen molar-refractivity contribution in [3.05, 3.63) is 41.5 Å². The van der Waals surface area contributed by atoms with E-state index in [0.717, 1.165) is 18.2 Å². The molecular formula is C22H27FN5O9P. The summed E-state index contributed by atoms with van der Waals surface area (Å²) in [5.41, 5.74) is 2.50. The molecule has 1 N–H and O–H groups in total. The molecule has 2 aliphatic heterocycles. The summed E-state index contributed by atoms with van der Waals surface area (Å²) in [4.78, 5) is 49.8. The Bertz CT molecular complexity index is 1260. The minimum Gasteiger partial charge on any atom is -0.442 e. The number of phosphoric acid groups is 1. The topological polar surface area (TPSA) is 153 Å². The average molecular weight is 555 g/mol. The van der Waals surface area contributed by atoms with Gasteiger partial charge in [-0.3, -0.25) is 18.9 Å². The van der Waals surface area contributed by atoms with Gasteiger partial charge in [0.15, 0.2) is 0 Å². The Hall–Kier alpha value is -3.52. The van der Waals surface area contributed by atoms with Crippen molar-refractivity contribution in [3.8, 4) is 0 Å². The molecule has 4 rings (SSSR count). The van der Waals surface area contributed by atoms with Gasteiger partial charge < -0.3 is 19.3 Å². The van der Waals surface area contributed by atoms with Gasteiger partial charge in [0.1, 0.15) is 11.9 Å². The monoisotopic (exact) mass is 555 g/mol. The summed E-state index contributed by atoms with van der Waals surface area (Å²) in [6.07, 6.45) is -1.00. The van der Waals surface area contributed by atoms with Crippen molar-refractivity contribution in [3.63, 3.8) is 0 Å². The fourth-order valence-corrected chi connectivity index (χ4v) is 4.75. The maximum atomic E-state index is 15.0. The Balaban J connectivity index is 1.36. The Labute approximate surface area is 217 Å². The minimum atomic E-state index is -4.41. The summed E-state index contributed by atoms with van der Waals surface area (Å²) < 4.78 is 47.2. The van der Waals surface area contributed by atoms with Gasteiger partial charge >= 0.3 is 20.0 Å². The van der Waals surface area contributed by atoms with E-state index in [2.05, 4.69) is 14.1 Å². The molecule has 38 heavy (non-hydrogen) atoms. The Kier molecular flexibility index (Phi) is 8.02. The zero-order valence-corrected chi connectivity index (χ0v) is 21.8. The highest BCUT2D eigenvalue weighted by atomic mass is 31.2. The molecule has 1 fully saturated rings. The molecule has 3 amide bonds. The molecule has 2 aromatic rings. The molecule has 3 heterocycles. The first-order valence-electron chi connectivity index (χ1n) is 11.6. The number of nitrogens with zero attached hydrogens (tertiary/aromatic N) is 5. The van der Waals surface area contributed by atoms with Crippen molar-refractivity contribution in [2.75, 3.05) is 36.3 Å². The average Bonchev–Trinajstić information content (AvgIpc) is 3.49. The number of ether oxygens (including phenoxy) is 2. The van der Waals surface area contributed by atoms with Crippen molar-refractivity contribution in [1.82, 2.24) is 14.7 Å². The summed E-state index contributed by atoms with van der Waals surface area (Å²) in [5.74, 6) is -1.26. The third-order valence-corrected chi connectivity index (χ3v) is 6.84. The Morgan fingerprint density at radius 3 is 2.74 bits per heavy atom. The molecule has 1 unspecified atom stereocenters. The quantitative estimate of drug-likeness (QED) is 0.359. The summed E-state index contributed by atoms with van der Waals surface area (Å²) in [5, 5.41) is 4.36. The van der Waals surface area contributed by atoms with Crippen molar-refractivity contribution in [2.45, 2.75) is 33.0 Å². The van der Waals surface area contributed by atoms with E-state index in [1.54, 1.807) is 16.8 Å². The number of phosphoric ester groups is 1. The molecule has 14 nitrogen and oxygen atoms in total. The molecule has 0 bridgehead atoms. The highest BCUT2D eigenvalue weighted by Crippen LogP contribution is 2.42. The SMILES string of the molecule is CCOP(=O)(O)OCOC(=O)N(C[C@H]1CN(c2ccc(N3Cc4cn(C)nc4C3)c(F)c2)C(=O)O1)C(C)=O. The summed E-state index contributed by atoms with van der Waals surface area (Å²) in [6.45, 7) is 2.04. The number of fused-ring (bicyclic) bond motifs is 1. The predicted octanol–water partition coefficient (Wildman–Crippen LogP) is 2.50. The lowest BCUT2D eigenvalue weighted by atomic mass is 10.2. The number of aryl methyl sites for hydroxylation is 1. The van der Waals surface area contributed by atoms with Crippen LogP contribution in [0.1, 0.15) is 25.1 Å². The number of imide groups is 1. The zero-order valence-electron chi connectivity index (χ0n) is 20.9. The van der Waals surface area contributed by atoms with Crippen molar-refractivity contribution in [2.24, 2.45) is 7.05 Å². The van der Waals surface area contributed by atoms with E-state index in [9.17, 15) is 23.8 Å². The zero-order chi connectivity index (χ0) is 27.6.